The Labute approximate surface area is 146 Å². The molecule has 0 radical (unpaired) electrons. The Morgan fingerprint density at radius 3 is 2.60 bits per heavy atom. The quantitative estimate of drug-likeness (QED) is 0.874. The van der Waals surface area contributed by atoms with Crippen LogP contribution in [0, 0.1) is 11.2 Å². The zero-order chi connectivity index (χ0) is 18.0. The van der Waals surface area contributed by atoms with E-state index in [1.807, 2.05) is 11.9 Å². The van der Waals surface area contributed by atoms with Gasteiger partial charge in [-0.1, -0.05) is 18.2 Å². The molecule has 7 heteroatoms. The summed E-state index contributed by atoms with van der Waals surface area (Å²) in [4.78, 5) is 27.3. The molecule has 1 atom stereocenters. The number of nitrogens with one attached hydrogen (secondary N) is 1. The first-order chi connectivity index (χ1) is 11.9. The first kappa shape index (κ1) is 17.7. The number of nitrogens with zero attached hydrogens (tertiary/aromatic N) is 2. The topological polar surface area (TPSA) is 72.9 Å². The van der Waals surface area contributed by atoms with Crippen LogP contribution < -0.4 is 5.32 Å². The van der Waals surface area contributed by atoms with Gasteiger partial charge in [-0.2, -0.15) is 0 Å². The number of aliphatic carboxylic acids is 1. The predicted octanol–water partition coefficient (Wildman–Crippen LogP) is 1.91. The zero-order valence-corrected chi connectivity index (χ0v) is 14.4. The van der Waals surface area contributed by atoms with Gasteiger partial charge < -0.3 is 15.3 Å². The number of hydrogen-bond donors (Lipinski definition) is 2. The summed E-state index contributed by atoms with van der Waals surface area (Å²) in [5.41, 5.74) is 0.450. The van der Waals surface area contributed by atoms with Crippen molar-refractivity contribution in [1.82, 2.24) is 15.1 Å². The molecule has 0 aromatic heterocycles. The molecular formula is C18H24FN3O3. The molecule has 2 amide bonds. The van der Waals surface area contributed by atoms with E-state index in [2.05, 4.69) is 5.32 Å². The number of carbonyl (C=O) groups excluding carboxylic acids is 1. The van der Waals surface area contributed by atoms with Crippen molar-refractivity contribution in [2.75, 3.05) is 26.7 Å². The highest BCUT2D eigenvalue weighted by atomic mass is 19.1. The highest BCUT2D eigenvalue weighted by Gasteiger charge is 2.47. The first-order valence-electron chi connectivity index (χ1n) is 8.59. The van der Waals surface area contributed by atoms with Gasteiger partial charge in [0.15, 0.2) is 0 Å². The number of carbonyl (C=O) groups is 2. The van der Waals surface area contributed by atoms with E-state index >= 15 is 0 Å². The molecule has 6 nitrogen and oxygen atoms in total. The maximum absolute atomic E-state index is 13.6. The lowest BCUT2D eigenvalue weighted by atomic mass is 9.76. The molecule has 2 saturated heterocycles. The van der Waals surface area contributed by atoms with E-state index in [0.29, 0.717) is 25.1 Å². The molecular weight excluding hydrogens is 325 g/mol. The molecule has 1 aromatic carbocycles. The molecule has 2 heterocycles. The maximum Gasteiger partial charge on any atom is 0.320 e. The number of rotatable bonds is 3. The molecule has 0 unspecified atom stereocenters. The lowest BCUT2D eigenvalue weighted by Crippen LogP contribution is -2.47. The minimum atomic E-state index is -0.774. The Morgan fingerprint density at radius 1 is 1.32 bits per heavy atom. The third-order valence-corrected chi connectivity index (χ3v) is 5.53. The normalized spacial score (nSPS) is 23.0. The number of likely N-dealkylation sites (N-methyl/N-ethyl adjacent to an activating group) is 1. The molecule has 3 rings (SSSR count). The monoisotopic (exact) mass is 349 g/mol. The summed E-state index contributed by atoms with van der Waals surface area (Å²) < 4.78 is 13.6. The molecule has 2 aliphatic heterocycles. The van der Waals surface area contributed by atoms with Gasteiger partial charge in [0.2, 0.25) is 0 Å². The van der Waals surface area contributed by atoms with Gasteiger partial charge in [0.05, 0.1) is 0 Å². The van der Waals surface area contributed by atoms with Gasteiger partial charge >= 0.3 is 12.0 Å². The van der Waals surface area contributed by atoms with Gasteiger partial charge in [0.1, 0.15) is 11.9 Å². The van der Waals surface area contributed by atoms with Crippen molar-refractivity contribution >= 4 is 12.0 Å². The Morgan fingerprint density at radius 2 is 2.00 bits per heavy atom. The standard InChI is InChI=1S/C18H24FN3O3/c1-21-12-18(10-15(21)16(23)24)6-8-22(9-7-18)17(25)20-11-13-4-2-3-5-14(13)19/h2-5,15H,6-12H2,1H3,(H,20,25)(H,23,24)/t15-/m0/s1. The number of benzene rings is 1. The van der Waals surface area contributed by atoms with Gasteiger partial charge in [0.25, 0.3) is 0 Å². The fraction of sp³-hybridized carbons (Fsp3) is 0.556. The van der Waals surface area contributed by atoms with Gasteiger partial charge in [-0.3, -0.25) is 9.69 Å². The lowest BCUT2D eigenvalue weighted by molar-refractivity contribution is -0.141. The van der Waals surface area contributed by atoms with Crippen LogP contribution in [0.5, 0.6) is 0 Å². The summed E-state index contributed by atoms with van der Waals surface area (Å²) >= 11 is 0. The van der Waals surface area contributed by atoms with Crippen LogP contribution in [0.25, 0.3) is 0 Å². The molecule has 2 aliphatic rings. The van der Waals surface area contributed by atoms with Crippen molar-refractivity contribution < 1.29 is 19.1 Å². The summed E-state index contributed by atoms with van der Waals surface area (Å²) in [6.07, 6.45) is 2.24. The van der Waals surface area contributed by atoms with E-state index in [1.54, 1.807) is 23.1 Å². The smallest absolute Gasteiger partial charge is 0.320 e. The average molecular weight is 349 g/mol. The minimum absolute atomic E-state index is 0.0138. The largest absolute Gasteiger partial charge is 0.480 e. The number of carboxylic acid groups (broad SMARTS) is 1. The van der Waals surface area contributed by atoms with Crippen molar-refractivity contribution in [3.05, 3.63) is 35.6 Å². The molecule has 0 bridgehead atoms. The van der Waals surface area contributed by atoms with E-state index < -0.39 is 12.0 Å². The lowest BCUT2D eigenvalue weighted by Gasteiger charge is -2.39. The predicted molar refractivity (Wildman–Crippen MR) is 90.5 cm³/mol. The number of hydrogen-bond acceptors (Lipinski definition) is 3. The second-order valence-corrected chi connectivity index (χ2v) is 7.21. The summed E-state index contributed by atoms with van der Waals surface area (Å²) in [7, 11) is 1.85. The van der Waals surface area contributed by atoms with E-state index in [4.69, 9.17) is 0 Å². The highest BCUT2D eigenvalue weighted by molar-refractivity contribution is 5.75. The summed E-state index contributed by atoms with van der Waals surface area (Å²) in [5, 5.41) is 12.1. The van der Waals surface area contributed by atoms with Crippen LogP contribution in [0.3, 0.4) is 0 Å². The van der Waals surface area contributed by atoms with Crippen LogP contribution in [0.2, 0.25) is 0 Å². The van der Waals surface area contributed by atoms with Crippen LogP contribution in [0.4, 0.5) is 9.18 Å². The molecule has 0 saturated carbocycles. The van der Waals surface area contributed by atoms with Crippen LogP contribution in [-0.2, 0) is 11.3 Å². The van der Waals surface area contributed by atoms with E-state index in [9.17, 15) is 19.1 Å². The molecule has 2 fully saturated rings. The molecule has 136 valence electrons. The fourth-order valence-corrected chi connectivity index (χ4v) is 4.02. The fourth-order valence-electron chi connectivity index (χ4n) is 4.02. The van der Waals surface area contributed by atoms with Crippen molar-refractivity contribution in [3.63, 3.8) is 0 Å². The molecule has 1 aromatic rings. The second kappa shape index (κ2) is 7.00. The zero-order valence-electron chi connectivity index (χ0n) is 14.4. The van der Waals surface area contributed by atoms with Gasteiger partial charge in [-0.15, -0.1) is 0 Å². The average Bonchev–Trinajstić information content (AvgIpc) is 2.91. The molecule has 0 aliphatic carbocycles. The van der Waals surface area contributed by atoms with Crippen LogP contribution in [0.1, 0.15) is 24.8 Å². The van der Waals surface area contributed by atoms with Crippen molar-refractivity contribution in [2.24, 2.45) is 5.41 Å². The number of likely N-dealkylation sites (tertiary alicyclic amines) is 2. The van der Waals surface area contributed by atoms with Gasteiger partial charge in [-0.05, 0) is 37.8 Å². The number of amides is 2. The van der Waals surface area contributed by atoms with Crippen molar-refractivity contribution in [2.45, 2.75) is 31.8 Å². The van der Waals surface area contributed by atoms with E-state index in [0.717, 1.165) is 19.4 Å². The van der Waals surface area contributed by atoms with Gasteiger partial charge in [0, 0.05) is 31.7 Å². The van der Waals surface area contributed by atoms with Crippen molar-refractivity contribution in [1.29, 1.82) is 0 Å². The number of halogens is 1. The molecule has 25 heavy (non-hydrogen) atoms. The third-order valence-electron chi connectivity index (χ3n) is 5.53. The third kappa shape index (κ3) is 3.76. The van der Waals surface area contributed by atoms with Crippen LogP contribution in [0.15, 0.2) is 24.3 Å². The summed E-state index contributed by atoms with van der Waals surface area (Å²) in [5.74, 6) is -1.10. The summed E-state index contributed by atoms with van der Waals surface area (Å²) in [6, 6.07) is 5.77. The highest BCUT2D eigenvalue weighted by Crippen LogP contribution is 2.42. The van der Waals surface area contributed by atoms with Gasteiger partial charge in [-0.25, -0.2) is 9.18 Å². The Bertz CT molecular complexity index is 659. The Kier molecular flexibility index (Phi) is 4.94. The van der Waals surface area contributed by atoms with Crippen LogP contribution in [-0.4, -0.2) is 59.6 Å². The number of carboxylic acids is 1. The summed E-state index contributed by atoms with van der Waals surface area (Å²) in [6.45, 7) is 2.12. The number of urea groups is 1. The minimum Gasteiger partial charge on any atom is -0.480 e. The molecule has 2 N–H and O–H groups in total. The first-order valence-corrected chi connectivity index (χ1v) is 8.59. The number of piperidine rings is 1. The van der Waals surface area contributed by atoms with Crippen LogP contribution >= 0.6 is 0 Å². The molecule has 1 spiro atoms. The second-order valence-electron chi connectivity index (χ2n) is 7.21. The van der Waals surface area contributed by atoms with E-state index in [-0.39, 0.29) is 23.8 Å². The Balaban J connectivity index is 1.51. The Hall–Kier alpha value is -2.15. The maximum atomic E-state index is 13.6. The van der Waals surface area contributed by atoms with Crippen molar-refractivity contribution in [3.8, 4) is 0 Å². The van der Waals surface area contributed by atoms with E-state index in [1.165, 1.54) is 6.07 Å². The SMILES string of the molecule is CN1CC2(CCN(C(=O)NCc3ccccc3F)CC2)C[C@H]1C(=O)O.